The summed E-state index contributed by atoms with van der Waals surface area (Å²) in [5.74, 6) is -2.13. The highest BCUT2D eigenvalue weighted by Crippen LogP contribution is 2.39. The van der Waals surface area contributed by atoms with Crippen molar-refractivity contribution in [1.29, 1.82) is 0 Å². The van der Waals surface area contributed by atoms with Crippen LogP contribution in [-0.2, 0) is 19.1 Å². The van der Waals surface area contributed by atoms with Gasteiger partial charge in [-0.25, -0.2) is 9.18 Å². The van der Waals surface area contributed by atoms with Crippen LogP contribution in [-0.4, -0.2) is 54.8 Å². The van der Waals surface area contributed by atoms with Crippen LogP contribution in [0.2, 0.25) is 5.02 Å². The van der Waals surface area contributed by atoms with Crippen LogP contribution >= 0.6 is 23.4 Å². The third-order valence-corrected chi connectivity index (χ3v) is 5.66. The summed E-state index contributed by atoms with van der Waals surface area (Å²) in [5.41, 5.74) is 0.628. The van der Waals surface area contributed by atoms with Crippen molar-refractivity contribution in [3.63, 3.8) is 0 Å². The molecule has 1 aliphatic rings. The smallest absolute Gasteiger partial charge is 0.343 e. The molecule has 9 nitrogen and oxygen atoms in total. The summed E-state index contributed by atoms with van der Waals surface area (Å²) < 4.78 is 28.8. The number of halogens is 2. The number of hydrogen-bond donors (Lipinski definition) is 1. The van der Waals surface area contributed by atoms with E-state index in [1.54, 1.807) is 6.92 Å². The maximum absolute atomic E-state index is 13.3. The van der Waals surface area contributed by atoms with Gasteiger partial charge in [0.25, 0.3) is 11.1 Å². The normalized spacial score (nSPS) is 14.3. The maximum Gasteiger partial charge on any atom is 0.343 e. The Bertz CT molecular complexity index is 1200. The quantitative estimate of drug-likeness (QED) is 0.387. The van der Waals surface area contributed by atoms with E-state index >= 15 is 0 Å². The minimum absolute atomic E-state index is 0.0651. The van der Waals surface area contributed by atoms with Crippen LogP contribution in [0.15, 0.2) is 41.3 Å². The van der Waals surface area contributed by atoms with Gasteiger partial charge in [0.05, 0.1) is 23.6 Å². The van der Waals surface area contributed by atoms with Gasteiger partial charge >= 0.3 is 5.97 Å². The predicted molar refractivity (Wildman–Crippen MR) is 128 cm³/mol. The number of ether oxygens (including phenoxy) is 3. The van der Waals surface area contributed by atoms with E-state index in [0.717, 1.165) is 11.0 Å². The molecule has 1 fully saturated rings. The zero-order chi connectivity index (χ0) is 25.5. The second kappa shape index (κ2) is 11.7. The molecule has 1 aliphatic heterocycles. The van der Waals surface area contributed by atoms with E-state index in [2.05, 4.69) is 10.1 Å². The van der Waals surface area contributed by atoms with Gasteiger partial charge in [-0.15, -0.1) is 0 Å². The zero-order valence-corrected chi connectivity index (χ0v) is 20.2. The van der Waals surface area contributed by atoms with Gasteiger partial charge in [0.15, 0.2) is 18.1 Å². The number of amides is 3. The van der Waals surface area contributed by atoms with Crippen molar-refractivity contribution in [2.75, 3.05) is 32.2 Å². The summed E-state index contributed by atoms with van der Waals surface area (Å²) >= 11 is 6.95. The fourth-order valence-electron chi connectivity index (χ4n) is 2.96. The van der Waals surface area contributed by atoms with Gasteiger partial charge in [-0.05, 0) is 60.7 Å². The molecule has 0 radical (unpaired) electrons. The minimum atomic E-state index is -0.672. The molecule has 0 aliphatic carbocycles. The molecule has 2 aromatic carbocycles. The predicted octanol–water partition coefficient (Wildman–Crippen LogP) is 4.10. The van der Waals surface area contributed by atoms with Gasteiger partial charge in [0.1, 0.15) is 12.4 Å². The first kappa shape index (κ1) is 26.0. The summed E-state index contributed by atoms with van der Waals surface area (Å²) in [4.78, 5) is 49.7. The second-order valence-corrected chi connectivity index (χ2v) is 8.35. The highest BCUT2D eigenvalue weighted by molar-refractivity contribution is 8.18. The van der Waals surface area contributed by atoms with E-state index in [0.29, 0.717) is 17.3 Å². The lowest BCUT2D eigenvalue weighted by molar-refractivity contribution is -0.143. The number of esters is 1. The number of nitrogens with zero attached hydrogens (tertiary/aromatic N) is 1. The highest BCUT2D eigenvalue weighted by Gasteiger charge is 2.36. The molecule has 0 spiro atoms. The molecule has 1 saturated heterocycles. The minimum Gasteiger partial charge on any atom is -0.490 e. The lowest BCUT2D eigenvalue weighted by Crippen LogP contribution is -2.36. The molecule has 0 bridgehead atoms. The van der Waals surface area contributed by atoms with Crippen molar-refractivity contribution in [3.05, 3.63) is 57.7 Å². The molecule has 1 N–H and O–H groups in total. The van der Waals surface area contributed by atoms with Gasteiger partial charge in [-0.3, -0.25) is 19.3 Å². The number of methoxy groups -OCH3 is 1. The molecule has 1 heterocycles. The first-order chi connectivity index (χ1) is 16.7. The van der Waals surface area contributed by atoms with Crippen molar-refractivity contribution >= 4 is 58.1 Å². The molecule has 3 amide bonds. The molecule has 184 valence electrons. The zero-order valence-electron chi connectivity index (χ0n) is 18.6. The van der Waals surface area contributed by atoms with E-state index in [1.165, 1.54) is 43.5 Å². The Kier molecular flexibility index (Phi) is 8.72. The summed E-state index contributed by atoms with van der Waals surface area (Å²) in [7, 11) is 1.22. The molecule has 3 rings (SSSR count). The standard InChI is InChI=1S/C23H20ClFN2O7S/c1-3-33-17-8-13(7-16(24)21(17)34-12-20(29)32-2)9-18-22(30)27(23(31)35-18)11-19(28)26-15-6-4-5-14(25)10-15/h4-10H,3,11-12H2,1-2H3,(H,26,28)/b18-9+. The van der Waals surface area contributed by atoms with E-state index in [4.69, 9.17) is 21.1 Å². The van der Waals surface area contributed by atoms with Crippen molar-refractivity contribution in [1.82, 2.24) is 4.90 Å². The first-order valence-electron chi connectivity index (χ1n) is 10.2. The Morgan fingerprint density at radius 3 is 2.66 bits per heavy atom. The monoisotopic (exact) mass is 522 g/mol. The van der Waals surface area contributed by atoms with Gasteiger partial charge in [0.2, 0.25) is 5.91 Å². The Balaban J connectivity index is 1.76. The maximum atomic E-state index is 13.3. The van der Waals surface area contributed by atoms with Gasteiger partial charge < -0.3 is 19.5 Å². The molecule has 0 saturated carbocycles. The summed E-state index contributed by atoms with van der Waals surface area (Å²) in [6.07, 6.45) is 1.42. The third kappa shape index (κ3) is 6.74. The highest BCUT2D eigenvalue weighted by atomic mass is 35.5. The SMILES string of the molecule is CCOc1cc(/C=C2/SC(=O)N(CC(=O)Nc3cccc(F)c3)C2=O)cc(Cl)c1OCC(=O)OC. The van der Waals surface area contributed by atoms with Crippen molar-refractivity contribution in [3.8, 4) is 11.5 Å². The Morgan fingerprint density at radius 2 is 1.97 bits per heavy atom. The van der Waals surface area contributed by atoms with Crippen molar-refractivity contribution in [2.24, 2.45) is 0 Å². The number of rotatable bonds is 9. The molecule has 0 aromatic heterocycles. The first-order valence-corrected chi connectivity index (χ1v) is 11.4. The van der Waals surface area contributed by atoms with Gasteiger partial charge in [-0.2, -0.15) is 0 Å². The molecular formula is C23H20ClFN2O7S. The van der Waals surface area contributed by atoms with Crippen LogP contribution < -0.4 is 14.8 Å². The number of benzene rings is 2. The number of hydrogen-bond acceptors (Lipinski definition) is 8. The average Bonchev–Trinajstić information content (AvgIpc) is 3.05. The fraction of sp³-hybridized carbons (Fsp3) is 0.217. The number of imide groups is 1. The van der Waals surface area contributed by atoms with E-state index in [-0.39, 0.29) is 40.3 Å². The lowest BCUT2D eigenvalue weighted by atomic mass is 10.1. The second-order valence-electron chi connectivity index (χ2n) is 6.95. The van der Waals surface area contributed by atoms with E-state index in [9.17, 15) is 23.6 Å². The Hall–Kier alpha value is -3.57. The summed E-state index contributed by atoms with van der Waals surface area (Å²) in [6.45, 7) is 1.09. The lowest BCUT2D eigenvalue weighted by Gasteiger charge is -2.14. The number of carbonyl (C=O) groups is 4. The molecule has 12 heteroatoms. The molecule has 0 atom stereocenters. The van der Waals surface area contributed by atoms with Gasteiger partial charge in [0, 0.05) is 5.69 Å². The van der Waals surface area contributed by atoms with Crippen LogP contribution in [0.3, 0.4) is 0 Å². The molecular weight excluding hydrogens is 503 g/mol. The number of thioether (sulfide) groups is 1. The fourth-order valence-corrected chi connectivity index (χ4v) is 4.07. The third-order valence-electron chi connectivity index (χ3n) is 4.48. The Morgan fingerprint density at radius 1 is 1.20 bits per heavy atom. The number of nitrogens with one attached hydrogen (secondary N) is 1. The van der Waals surface area contributed by atoms with Crippen LogP contribution in [0.5, 0.6) is 11.5 Å². The van der Waals surface area contributed by atoms with Crippen LogP contribution in [0.4, 0.5) is 14.9 Å². The molecule has 0 unspecified atom stereocenters. The number of anilines is 1. The molecule has 35 heavy (non-hydrogen) atoms. The van der Waals surface area contributed by atoms with Crippen LogP contribution in [0.25, 0.3) is 6.08 Å². The number of carbonyl (C=O) groups excluding carboxylic acids is 4. The van der Waals surface area contributed by atoms with E-state index < -0.39 is 35.4 Å². The summed E-state index contributed by atoms with van der Waals surface area (Å²) in [6, 6.07) is 8.24. The summed E-state index contributed by atoms with van der Waals surface area (Å²) in [5, 5.41) is 1.92. The van der Waals surface area contributed by atoms with Crippen molar-refractivity contribution < 1.29 is 37.8 Å². The Labute approximate surface area is 209 Å². The van der Waals surface area contributed by atoms with Crippen LogP contribution in [0.1, 0.15) is 12.5 Å². The topological polar surface area (TPSA) is 111 Å². The van der Waals surface area contributed by atoms with Crippen molar-refractivity contribution in [2.45, 2.75) is 6.92 Å². The van der Waals surface area contributed by atoms with Crippen LogP contribution in [0, 0.1) is 5.82 Å². The van der Waals surface area contributed by atoms with E-state index in [1.807, 2.05) is 0 Å². The van der Waals surface area contributed by atoms with Gasteiger partial charge in [-0.1, -0.05) is 17.7 Å². The average molecular weight is 523 g/mol. The largest absolute Gasteiger partial charge is 0.490 e. The molecule has 2 aromatic rings.